The van der Waals surface area contributed by atoms with Crippen molar-refractivity contribution in [3.63, 3.8) is 0 Å². The second-order valence-electron chi connectivity index (χ2n) is 9.70. The van der Waals surface area contributed by atoms with Gasteiger partial charge in [0.15, 0.2) is 4.80 Å². The van der Waals surface area contributed by atoms with Gasteiger partial charge in [0.25, 0.3) is 11.2 Å². The lowest BCUT2D eigenvalue weighted by Gasteiger charge is -2.24. The monoisotopic (exact) mass is 615 g/mol. The SMILES string of the molecule is CCOC(=O)C1=C(C)N=c2sc(=Cc3ccc(Sc4ccc(C)cc4)c([N+](=O)[O-])c3)c(=O)n2C1c1ccc(OCC)cc1. The number of aryl methyl sites for hydroxylation is 1. The first-order chi connectivity index (χ1) is 20.7. The van der Waals surface area contributed by atoms with Gasteiger partial charge in [-0.1, -0.05) is 59.0 Å². The quantitative estimate of drug-likeness (QED) is 0.138. The van der Waals surface area contributed by atoms with E-state index in [9.17, 15) is 19.7 Å². The molecule has 11 heteroatoms. The number of benzene rings is 3. The van der Waals surface area contributed by atoms with Crippen molar-refractivity contribution in [3.05, 3.63) is 124 Å². The first kappa shape index (κ1) is 30.0. The number of thiazole rings is 1. The van der Waals surface area contributed by atoms with Crippen molar-refractivity contribution in [1.29, 1.82) is 0 Å². The highest BCUT2D eigenvalue weighted by Gasteiger charge is 2.33. The molecule has 0 amide bonds. The minimum Gasteiger partial charge on any atom is -0.494 e. The Kier molecular flexibility index (Phi) is 8.93. The molecule has 4 aromatic rings. The molecular formula is C32H29N3O6S2. The second-order valence-corrected chi connectivity index (χ2v) is 11.8. The number of rotatable bonds is 9. The van der Waals surface area contributed by atoms with E-state index in [1.54, 1.807) is 44.2 Å². The molecule has 0 N–H and O–H groups in total. The van der Waals surface area contributed by atoms with Crippen LogP contribution in [-0.2, 0) is 9.53 Å². The van der Waals surface area contributed by atoms with Crippen molar-refractivity contribution >= 4 is 40.8 Å². The van der Waals surface area contributed by atoms with Crippen LogP contribution in [0.15, 0.2) is 97.6 Å². The van der Waals surface area contributed by atoms with Crippen LogP contribution >= 0.6 is 23.1 Å². The first-order valence-electron chi connectivity index (χ1n) is 13.7. The molecule has 0 spiro atoms. The molecule has 1 aromatic heterocycles. The maximum atomic E-state index is 13.9. The third-order valence-electron chi connectivity index (χ3n) is 6.75. The Morgan fingerprint density at radius 2 is 1.79 bits per heavy atom. The second kappa shape index (κ2) is 12.8. The third kappa shape index (κ3) is 6.32. The number of allylic oxidation sites excluding steroid dienone is 1. The van der Waals surface area contributed by atoms with Crippen molar-refractivity contribution in [1.82, 2.24) is 4.57 Å². The number of esters is 1. The highest BCUT2D eigenvalue weighted by molar-refractivity contribution is 7.99. The summed E-state index contributed by atoms with van der Waals surface area (Å²) in [7, 11) is 0. The molecule has 0 saturated heterocycles. The van der Waals surface area contributed by atoms with E-state index in [0.717, 1.165) is 21.8 Å². The van der Waals surface area contributed by atoms with E-state index in [4.69, 9.17) is 9.47 Å². The number of carbonyl (C=O) groups excluding carboxylic acids is 1. The summed E-state index contributed by atoms with van der Waals surface area (Å²) in [6.07, 6.45) is 1.62. The zero-order chi connectivity index (χ0) is 30.7. The molecule has 220 valence electrons. The number of carbonyl (C=O) groups is 1. The standard InChI is InChI=1S/C32H29N3O6S2/c1-5-40-23-12-10-22(11-13-23)29-28(31(37)41-6-2)20(4)33-32-34(29)30(36)27(43-32)18-21-9-16-26(25(17-21)35(38)39)42-24-14-7-19(3)8-15-24/h7-18,29H,5-6H2,1-4H3. The van der Waals surface area contributed by atoms with E-state index < -0.39 is 16.9 Å². The number of hydrogen-bond acceptors (Lipinski definition) is 9. The van der Waals surface area contributed by atoms with Crippen LogP contribution in [0.1, 0.15) is 43.5 Å². The van der Waals surface area contributed by atoms with Crippen LogP contribution in [0.25, 0.3) is 6.08 Å². The minimum absolute atomic E-state index is 0.0557. The molecule has 2 heterocycles. The number of fused-ring (bicyclic) bond motifs is 1. The Hall–Kier alpha value is -4.48. The largest absolute Gasteiger partial charge is 0.494 e. The fourth-order valence-electron chi connectivity index (χ4n) is 4.76. The molecule has 1 aliphatic heterocycles. The number of nitrogens with zero attached hydrogens (tertiary/aromatic N) is 3. The minimum atomic E-state index is -0.768. The average Bonchev–Trinajstić information content (AvgIpc) is 3.28. The van der Waals surface area contributed by atoms with Crippen LogP contribution in [0, 0.1) is 17.0 Å². The smallest absolute Gasteiger partial charge is 0.338 e. The number of ether oxygens (including phenoxy) is 2. The Labute approximate surface area is 256 Å². The van der Waals surface area contributed by atoms with Gasteiger partial charge in [-0.2, -0.15) is 0 Å². The number of nitro benzene ring substituents is 1. The maximum Gasteiger partial charge on any atom is 0.338 e. The van der Waals surface area contributed by atoms with Gasteiger partial charge in [-0.3, -0.25) is 19.5 Å². The summed E-state index contributed by atoms with van der Waals surface area (Å²) in [6, 6.07) is 19.1. The van der Waals surface area contributed by atoms with Crippen LogP contribution in [0.3, 0.4) is 0 Å². The highest BCUT2D eigenvalue weighted by atomic mass is 32.2. The lowest BCUT2D eigenvalue weighted by atomic mass is 9.96. The van der Waals surface area contributed by atoms with E-state index in [0.29, 0.717) is 43.4 Å². The van der Waals surface area contributed by atoms with Gasteiger partial charge in [0.2, 0.25) is 0 Å². The summed E-state index contributed by atoms with van der Waals surface area (Å²) in [5.41, 5.74) is 2.62. The van der Waals surface area contributed by atoms with Crippen molar-refractivity contribution in [3.8, 4) is 5.75 Å². The lowest BCUT2D eigenvalue weighted by Crippen LogP contribution is -2.39. The van der Waals surface area contributed by atoms with Crippen LogP contribution < -0.4 is 19.6 Å². The van der Waals surface area contributed by atoms with Gasteiger partial charge < -0.3 is 9.47 Å². The Balaban J connectivity index is 1.60. The van der Waals surface area contributed by atoms with Gasteiger partial charge in [0, 0.05) is 11.0 Å². The molecular weight excluding hydrogens is 587 g/mol. The normalized spacial score (nSPS) is 14.7. The Morgan fingerprint density at radius 1 is 1.07 bits per heavy atom. The topological polar surface area (TPSA) is 113 Å². The maximum absolute atomic E-state index is 13.9. The van der Waals surface area contributed by atoms with Crippen molar-refractivity contribution in [2.75, 3.05) is 13.2 Å². The summed E-state index contributed by atoms with van der Waals surface area (Å²) in [6.45, 7) is 7.99. The van der Waals surface area contributed by atoms with E-state index in [2.05, 4.69) is 4.99 Å². The number of nitro groups is 1. The summed E-state index contributed by atoms with van der Waals surface area (Å²) in [5.74, 6) is 0.122. The molecule has 43 heavy (non-hydrogen) atoms. The van der Waals surface area contributed by atoms with Crippen molar-refractivity contribution in [2.24, 2.45) is 4.99 Å². The van der Waals surface area contributed by atoms with Crippen LogP contribution in [-0.4, -0.2) is 28.7 Å². The summed E-state index contributed by atoms with van der Waals surface area (Å²) in [4.78, 5) is 45.0. The van der Waals surface area contributed by atoms with Gasteiger partial charge >= 0.3 is 5.97 Å². The molecule has 5 rings (SSSR count). The van der Waals surface area contributed by atoms with Crippen molar-refractivity contribution < 1.29 is 19.2 Å². The lowest BCUT2D eigenvalue weighted by molar-refractivity contribution is -0.387. The van der Waals surface area contributed by atoms with Crippen LogP contribution in [0.5, 0.6) is 5.75 Å². The Morgan fingerprint density at radius 3 is 2.44 bits per heavy atom. The Bertz CT molecular complexity index is 1910. The van der Waals surface area contributed by atoms with E-state index >= 15 is 0 Å². The average molecular weight is 616 g/mol. The van der Waals surface area contributed by atoms with Gasteiger partial charge in [-0.15, -0.1) is 0 Å². The van der Waals surface area contributed by atoms with E-state index in [-0.39, 0.29) is 23.4 Å². The predicted molar refractivity (Wildman–Crippen MR) is 166 cm³/mol. The molecule has 0 radical (unpaired) electrons. The third-order valence-corrected chi connectivity index (χ3v) is 8.81. The molecule has 9 nitrogen and oxygen atoms in total. The summed E-state index contributed by atoms with van der Waals surface area (Å²) < 4.78 is 12.7. The molecule has 0 bridgehead atoms. The van der Waals surface area contributed by atoms with Gasteiger partial charge in [-0.25, -0.2) is 9.79 Å². The van der Waals surface area contributed by atoms with Crippen LogP contribution in [0.4, 0.5) is 5.69 Å². The van der Waals surface area contributed by atoms with Crippen molar-refractivity contribution in [2.45, 2.75) is 43.5 Å². The van der Waals surface area contributed by atoms with Crippen LogP contribution in [0.2, 0.25) is 0 Å². The highest BCUT2D eigenvalue weighted by Crippen LogP contribution is 2.36. The molecule has 1 unspecified atom stereocenters. The van der Waals surface area contributed by atoms with Gasteiger partial charge in [0.1, 0.15) is 5.75 Å². The molecule has 3 aromatic carbocycles. The molecule has 1 aliphatic rings. The fourth-order valence-corrected chi connectivity index (χ4v) is 6.70. The predicted octanol–water partition coefficient (Wildman–Crippen LogP) is 5.56. The van der Waals surface area contributed by atoms with E-state index in [1.165, 1.54) is 22.4 Å². The summed E-state index contributed by atoms with van der Waals surface area (Å²) >= 11 is 2.47. The van der Waals surface area contributed by atoms with E-state index in [1.807, 2.05) is 50.2 Å². The molecule has 1 atom stereocenters. The first-order valence-corrected chi connectivity index (χ1v) is 15.3. The number of aromatic nitrogens is 1. The molecule has 0 aliphatic carbocycles. The fraction of sp³-hybridized carbons (Fsp3) is 0.219. The zero-order valence-corrected chi connectivity index (χ0v) is 25.7. The summed E-state index contributed by atoms with van der Waals surface area (Å²) in [5, 5.41) is 12.0. The zero-order valence-electron chi connectivity index (χ0n) is 24.0. The van der Waals surface area contributed by atoms with Gasteiger partial charge in [0.05, 0.1) is 44.9 Å². The molecule has 0 fully saturated rings. The van der Waals surface area contributed by atoms with Gasteiger partial charge in [-0.05, 0) is 75.2 Å². The molecule has 0 saturated carbocycles. The number of hydrogen-bond donors (Lipinski definition) is 0.